The van der Waals surface area contributed by atoms with Gasteiger partial charge in [0.05, 0.1) is 13.7 Å². The van der Waals surface area contributed by atoms with Gasteiger partial charge < -0.3 is 20.5 Å². The van der Waals surface area contributed by atoms with Gasteiger partial charge in [0.2, 0.25) is 0 Å². The Morgan fingerprint density at radius 1 is 1.16 bits per heavy atom. The highest BCUT2D eigenvalue weighted by Crippen LogP contribution is 2.29. The molecule has 2 rings (SSSR count). The minimum Gasteiger partial charge on any atom is -0.493 e. The fraction of sp³-hybridized carbons (Fsp3) is 0.316. The van der Waals surface area contributed by atoms with E-state index in [1.165, 1.54) is 0 Å². The molecule has 0 aliphatic carbocycles. The molecule has 2 aromatic rings. The van der Waals surface area contributed by atoms with Crippen LogP contribution in [0.1, 0.15) is 35.7 Å². The van der Waals surface area contributed by atoms with Gasteiger partial charge in [0.25, 0.3) is 5.91 Å². The van der Waals surface area contributed by atoms with Crippen molar-refractivity contribution in [1.82, 2.24) is 0 Å². The van der Waals surface area contributed by atoms with E-state index in [-0.39, 0.29) is 18.3 Å². The number of anilines is 2. The Balaban J connectivity index is 0.00000312. The number of aryl methyl sites for hydroxylation is 1. The lowest BCUT2D eigenvalue weighted by atomic mass is 10.1. The van der Waals surface area contributed by atoms with E-state index in [1.807, 2.05) is 13.0 Å². The zero-order chi connectivity index (χ0) is 17.5. The summed E-state index contributed by atoms with van der Waals surface area (Å²) in [6, 6.07) is 10.6. The van der Waals surface area contributed by atoms with Crippen molar-refractivity contribution in [2.24, 2.45) is 0 Å². The Labute approximate surface area is 154 Å². The van der Waals surface area contributed by atoms with Gasteiger partial charge in [-0.05, 0) is 49.2 Å². The van der Waals surface area contributed by atoms with Crippen LogP contribution in [0.4, 0.5) is 11.4 Å². The van der Waals surface area contributed by atoms with Gasteiger partial charge in [0.15, 0.2) is 11.5 Å². The predicted molar refractivity (Wildman–Crippen MR) is 104 cm³/mol. The highest BCUT2D eigenvalue weighted by atomic mass is 35.5. The third kappa shape index (κ3) is 5.57. The monoisotopic (exact) mass is 364 g/mol. The van der Waals surface area contributed by atoms with E-state index in [0.29, 0.717) is 35.0 Å². The summed E-state index contributed by atoms with van der Waals surface area (Å²) in [5.74, 6) is 0.966. The van der Waals surface area contributed by atoms with Crippen molar-refractivity contribution >= 4 is 29.7 Å². The summed E-state index contributed by atoms with van der Waals surface area (Å²) in [6.07, 6.45) is 2.03. The smallest absolute Gasteiger partial charge is 0.255 e. The van der Waals surface area contributed by atoms with E-state index < -0.39 is 0 Å². The van der Waals surface area contributed by atoms with Crippen molar-refractivity contribution in [2.75, 3.05) is 24.8 Å². The zero-order valence-corrected chi connectivity index (χ0v) is 15.6. The molecule has 0 fully saturated rings. The van der Waals surface area contributed by atoms with Crippen LogP contribution in [0.3, 0.4) is 0 Å². The maximum Gasteiger partial charge on any atom is 0.255 e. The molecule has 0 bridgehead atoms. The van der Waals surface area contributed by atoms with Crippen LogP contribution in [0.25, 0.3) is 0 Å². The van der Waals surface area contributed by atoms with Gasteiger partial charge in [-0.3, -0.25) is 4.79 Å². The first-order valence-corrected chi connectivity index (χ1v) is 8.03. The van der Waals surface area contributed by atoms with Crippen molar-refractivity contribution in [3.05, 3.63) is 47.5 Å². The lowest BCUT2D eigenvalue weighted by Gasteiger charge is -2.13. The summed E-state index contributed by atoms with van der Waals surface area (Å²) in [6.45, 7) is 4.65. The lowest BCUT2D eigenvalue weighted by molar-refractivity contribution is 0.102. The van der Waals surface area contributed by atoms with Gasteiger partial charge >= 0.3 is 0 Å². The normalized spacial score (nSPS) is 9.88. The van der Waals surface area contributed by atoms with Gasteiger partial charge in [-0.2, -0.15) is 0 Å². The van der Waals surface area contributed by atoms with Crippen molar-refractivity contribution in [1.29, 1.82) is 0 Å². The molecule has 0 aromatic heterocycles. The summed E-state index contributed by atoms with van der Waals surface area (Å²) < 4.78 is 11.0. The number of benzene rings is 2. The van der Waals surface area contributed by atoms with E-state index in [1.54, 1.807) is 37.4 Å². The van der Waals surface area contributed by atoms with Crippen molar-refractivity contribution in [3.63, 3.8) is 0 Å². The Bertz CT molecular complexity index is 720. The molecule has 0 aliphatic heterocycles. The fourth-order valence-corrected chi connectivity index (χ4v) is 2.22. The van der Waals surface area contributed by atoms with Gasteiger partial charge in [0.1, 0.15) is 0 Å². The number of nitrogens with one attached hydrogen (secondary N) is 1. The molecule has 3 N–H and O–H groups in total. The third-order valence-corrected chi connectivity index (χ3v) is 3.69. The lowest BCUT2D eigenvalue weighted by Crippen LogP contribution is -2.13. The molecular formula is C19H25ClN2O3. The maximum absolute atomic E-state index is 12.5. The number of nitrogens with two attached hydrogens (primary N) is 1. The van der Waals surface area contributed by atoms with Gasteiger partial charge in [-0.25, -0.2) is 0 Å². The molecule has 25 heavy (non-hydrogen) atoms. The van der Waals surface area contributed by atoms with E-state index >= 15 is 0 Å². The number of amides is 1. The SMILES string of the molecule is CCCCOc1ccc(C(=O)Nc2cc(N)ccc2C)cc1OC.Cl. The molecule has 6 heteroatoms. The minimum atomic E-state index is -0.220. The molecule has 0 atom stereocenters. The number of rotatable bonds is 7. The first-order valence-electron chi connectivity index (χ1n) is 8.03. The van der Waals surface area contributed by atoms with Crippen LogP contribution in [0.15, 0.2) is 36.4 Å². The summed E-state index contributed by atoms with van der Waals surface area (Å²) >= 11 is 0. The molecule has 2 aromatic carbocycles. The Kier molecular flexibility index (Phi) is 8.08. The third-order valence-electron chi connectivity index (χ3n) is 3.69. The second kappa shape index (κ2) is 9.79. The van der Waals surface area contributed by atoms with Crippen LogP contribution in [-0.4, -0.2) is 19.6 Å². The quantitative estimate of drug-likeness (QED) is 0.562. The number of methoxy groups -OCH3 is 1. The van der Waals surface area contributed by atoms with Crippen molar-refractivity contribution in [2.45, 2.75) is 26.7 Å². The largest absolute Gasteiger partial charge is 0.493 e. The number of carbonyl (C=O) groups is 1. The Morgan fingerprint density at radius 2 is 1.92 bits per heavy atom. The Morgan fingerprint density at radius 3 is 2.60 bits per heavy atom. The highest BCUT2D eigenvalue weighted by Gasteiger charge is 2.12. The number of halogens is 1. The van der Waals surface area contributed by atoms with Crippen LogP contribution in [-0.2, 0) is 0 Å². The van der Waals surface area contributed by atoms with E-state index in [2.05, 4.69) is 12.2 Å². The van der Waals surface area contributed by atoms with Crippen LogP contribution >= 0.6 is 12.4 Å². The molecule has 136 valence electrons. The minimum absolute atomic E-state index is 0. The molecule has 0 heterocycles. The maximum atomic E-state index is 12.5. The second-order valence-electron chi connectivity index (χ2n) is 5.60. The van der Waals surface area contributed by atoms with E-state index in [4.69, 9.17) is 15.2 Å². The molecule has 5 nitrogen and oxygen atoms in total. The van der Waals surface area contributed by atoms with Gasteiger partial charge in [0, 0.05) is 16.9 Å². The Hall–Kier alpha value is -2.40. The molecule has 0 radical (unpaired) electrons. The first-order chi connectivity index (χ1) is 11.5. The van der Waals surface area contributed by atoms with E-state index in [0.717, 1.165) is 18.4 Å². The molecule has 0 unspecified atom stereocenters. The van der Waals surface area contributed by atoms with Crippen LogP contribution < -0.4 is 20.5 Å². The van der Waals surface area contributed by atoms with Crippen molar-refractivity contribution < 1.29 is 14.3 Å². The van der Waals surface area contributed by atoms with Crippen molar-refractivity contribution in [3.8, 4) is 11.5 Å². The predicted octanol–water partition coefficient (Wildman–Crippen LogP) is 4.44. The number of hydrogen-bond acceptors (Lipinski definition) is 4. The number of ether oxygens (including phenoxy) is 2. The molecule has 0 saturated heterocycles. The number of carbonyl (C=O) groups excluding carboxylic acids is 1. The fourth-order valence-electron chi connectivity index (χ4n) is 2.22. The van der Waals surface area contributed by atoms with E-state index in [9.17, 15) is 4.79 Å². The molecule has 0 saturated carbocycles. The van der Waals surface area contributed by atoms with Crippen LogP contribution in [0.5, 0.6) is 11.5 Å². The highest BCUT2D eigenvalue weighted by molar-refractivity contribution is 6.05. The average molecular weight is 365 g/mol. The van der Waals surface area contributed by atoms with Gasteiger partial charge in [-0.1, -0.05) is 19.4 Å². The summed E-state index contributed by atoms with van der Waals surface area (Å²) in [5, 5.41) is 2.88. The second-order valence-corrected chi connectivity index (χ2v) is 5.60. The average Bonchev–Trinajstić information content (AvgIpc) is 2.58. The molecule has 0 aliphatic rings. The molecule has 0 spiro atoms. The summed E-state index contributed by atoms with van der Waals surface area (Å²) in [7, 11) is 1.56. The number of nitrogen functional groups attached to an aromatic ring is 1. The van der Waals surface area contributed by atoms with Crippen LogP contribution in [0, 0.1) is 6.92 Å². The zero-order valence-electron chi connectivity index (χ0n) is 14.8. The topological polar surface area (TPSA) is 73.6 Å². The summed E-state index contributed by atoms with van der Waals surface area (Å²) in [5.41, 5.74) is 8.52. The van der Waals surface area contributed by atoms with Crippen LogP contribution in [0.2, 0.25) is 0 Å². The first kappa shape index (κ1) is 20.6. The summed E-state index contributed by atoms with van der Waals surface area (Å²) in [4.78, 5) is 12.5. The standard InChI is InChI=1S/C19H24N2O3.ClH/c1-4-5-10-24-17-9-7-14(11-18(17)23-3)19(22)21-16-12-15(20)8-6-13(16)2;/h6-9,11-12H,4-5,10,20H2,1-3H3,(H,21,22);1H. The number of hydrogen-bond donors (Lipinski definition) is 2. The molecule has 1 amide bonds. The molecular weight excluding hydrogens is 340 g/mol. The number of unbranched alkanes of at least 4 members (excludes halogenated alkanes) is 1. The van der Waals surface area contributed by atoms with Gasteiger partial charge in [-0.15, -0.1) is 12.4 Å².